The van der Waals surface area contributed by atoms with Crippen LogP contribution in [-0.2, 0) is 14.3 Å². The van der Waals surface area contributed by atoms with Crippen molar-refractivity contribution in [3.63, 3.8) is 0 Å². The number of hydrogen-bond donors (Lipinski definition) is 2. The van der Waals surface area contributed by atoms with Gasteiger partial charge in [-0.1, -0.05) is 0 Å². The van der Waals surface area contributed by atoms with Crippen LogP contribution < -0.4 is 0 Å². The van der Waals surface area contributed by atoms with Crippen LogP contribution in [0.3, 0.4) is 0 Å². The molecular formula is C18H27NO5. The van der Waals surface area contributed by atoms with Crippen molar-refractivity contribution >= 4 is 5.97 Å². The molecule has 0 radical (unpaired) electrons. The van der Waals surface area contributed by atoms with E-state index in [1.54, 1.807) is 18.4 Å². The number of hydrogen-bond acceptors (Lipinski definition) is 5. The van der Waals surface area contributed by atoms with Gasteiger partial charge in [-0.3, -0.25) is 9.36 Å². The number of esters is 1. The van der Waals surface area contributed by atoms with Gasteiger partial charge in [-0.2, -0.15) is 0 Å². The number of aromatic nitrogens is 1. The zero-order valence-electron chi connectivity index (χ0n) is 14.5. The highest BCUT2D eigenvalue weighted by Gasteiger charge is 2.32. The second-order valence-corrected chi connectivity index (χ2v) is 7.01. The number of nitrogens with zero attached hydrogens (tertiary/aromatic N) is 1. The Morgan fingerprint density at radius 2 is 1.67 bits per heavy atom. The molecule has 1 saturated heterocycles. The van der Waals surface area contributed by atoms with E-state index in [4.69, 9.17) is 9.47 Å². The van der Waals surface area contributed by atoms with Crippen LogP contribution in [0.2, 0.25) is 0 Å². The van der Waals surface area contributed by atoms with Crippen LogP contribution >= 0.6 is 0 Å². The van der Waals surface area contributed by atoms with Crippen molar-refractivity contribution in [1.29, 1.82) is 0 Å². The lowest BCUT2D eigenvalue weighted by Crippen LogP contribution is -2.31. The van der Waals surface area contributed by atoms with E-state index in [9.17, 15) is 15.0 Å². The molecule has 1 unspecified atom stereocenters. The average Bonchev–Trinajstić information content (AvgIpc) is 2.79. The van der Waals surface area contributed by atoms with Crippen molar-refractivity contribution in [2.24, 2.45) is 5.92 Å². The average molecular weight is 337 g/mol. The Labute approximate surface area is 142 Å². The quantitative estimate of drug-likeness (QED) is 0.827. The third kappa shape index (κ3) is 3.24. The monoisotopic (exact) mass is 337 g/mol. The third-order valence-electron chi connectivity index (χ3n) is 5.47. The van der Waals surface area contributed by atoms with E-state index in [-0.39, 0.29) is 36.0 Å². The van der Waals surface area contributed by atoms with E-state index < -0.39 is 0 Å². The van der Waals surface area contributed by atoms with Crippen molar-refractivity contribution in [3.8, 4) is 11.8 Å². The lowest BCUT2D eigenvalue weighted by atomic mass is 9.86. The fraction of sp³-hybridized carbons (Fsp3) is 0.722. The number of carbonyl (C=O) groups is 1. The summed E-state index contributed by atoms with van der Waals surface area (Å²) in [5.74, 6) is -0.0271. The molecule has 2 heterocycles. The highest BCUT2D eigenvalue weighted by Crippen LogP contribution is 2.42. The van der Waals surface area contributed by atoms with E-state index in [1.807, 2.05) is 0 Å². The zero-order chi connectivity index (χ0) is 17.3. The molecule has 2 aliphatic rings. The maximum Gasteiger partial charge on any atom is 0.311 e. The van der Waals surface area contributed by atoms with Crippen LogP contribution in [0.25, 0.3) is 0 Å². The highest BCUT2D eigenvalue weighted by molar-refractivity contribution is 5.72. The normalized spacial score (nSPS) is 27.8. The van der Waals surface area contributed by atoms with Crippen molar-refractivity contribution in [2.75, 3.05) is 6.61 Å². The summed E-state index contributed by atoms with van der Waals surface area (Å²) >= 11 is 0. The lowest BCUT2D eigenvalue weighted by Gasteiger charge is -2.30. The molecule has 6 nitrogen and oxygen atoms in total. The fourth-order valence-corrected chi connectivity index (χ4v) is 3.74. The van der Waals surface area contributed by atoms with Gasteiger partial charge in [-0.05, 0) is 52.4 Å². The molecule has 1 aliphatic heterocycles. The van der Waals surface area contributed by atoms with E-state index in [1.165, 1.54) is 0 Å². The van der Waals surface area contributed by atoms with Crippen LogP contribution in [0.5, 0.6) is 11.8 Å². The smallest absolute Gasteiger partial charge is 0.311 e. The molecule has 0 aromatic carbocycles. The van der Waals surface area contributed by atoms with Gasteiger partial charge in [0.1, 0.15) is 0 Å². The van der Waals surface area contributed by atoms with Crippen molar-refractivity contribution in [1.82, 2.24) is 4.57 Å². The van der Waals surface area contributed by atoms with Crippen molar-refractivity contribution < 1.29 is 24.5 Å². The zero-order valence-corrected chi connectivity index (χ0v) is 14.5. The Balaban J connectivity index is 1.57. The predicted octanol–water partition coefficient (Wildman–Crippen LogP) is 3.32. The maximum absolute atomic E-state index is 12.3. The summed E-state index contributed by atoms with van der Waals surface area (Å²) in [6.07, 6.45) is 5.34. The van der Waals surface area contributed by atoms with Gasteiger partial charge in [-0.15, -0.1) is 0 Å². The summed E-state index contributed by atoms with van der Waals surface area (Å²) < 4.78 is 12.5. The molecule has 1 aliphatic carbocycles. The molecule has 24 heavy (non-hydrogen) atoms. The van der Waals surface area contributed by atoms with Gasteiger partial charge in [0.25, 0.3) is 0 Å². The second-order valence-electron chi connectivity index (χ2n) is 7.01. The Hall–Kier alpha value is -1.69. The van der Waals surface area contributed by atoms with Gasteiger partial charge < -0.3 is 19.7 Å². The minimum atomic E-state index is -0.383. The van der Waals surface area contributed by atoms with Gasteiger partial charge in [0.15, 0.2) is 11.8 Å². The van der Waals surface area contributed by atoms with Crippen LogP contribution in [0, 0.1) is 19.8 Å². The number of ether oxygens (including phenoxy) is 2. The summed E-state index contributed by atoms with van der Waals surface area (Å²) in [4.78, 5) is 12.3. The highest BCUT2D eigenvalue weighted by atomic mass is 16.7. The van der Waals surface area contributed by atoms with E-state index in [0.29, 0.717) is 30.6 Å². The van der Waals surface area contributed by atoms with E-state index >= 15 is 0 Å². The van der Waals surface area contributed by atoms with Crippen molar-refractivity contribution in [3.05, 3.63) is 11.1 Å². The second kappa shape index (κ2) is 7.05. The summed E-state index contributed by atoms with van der Waals surface area (Å²) in [6.45, 7) is 4.26. The molecular weight excluding hydrogens is 310 g/mol. The van der Waals surface area contributed by atoms with Crippen LogP contribution in [0.4, 0.5) is 0 Å². The first-order valence-electron chi connectivity index (χ1n) is 8.90. The molecule has 1 aromatic rings. The lowest BCUT2D eigenvalue weighted by molar-refractivity contribution is -0.192. The maximum atomic E-state index is 12.3. The van der Waals surface area contributed by atoms with Crippen LogP contribution in [-0.4, -0.2) is 33.6 Å². The molecule has 0 spiro atoms. The Bertz CT molecular complexity index is 570. The predicted molar refractivity (Wildman–Crippen MR) is 87.9 cm³/mol. The summed E-state index contributed by atoms with van der Waals surface area (Å²) in [5, 5.41) is 20.5. The Kier molecular flexibility index (Phi) is 5.04. The first-order valence-corrected chi connectivity index (χ1v) is 8.90. The third-order valence-corrected chi connectivity index (χ3v) is 5.47. The fourth-order valence-electron chi connectivity index (χ4n) is 3.74. The molecule has 0 bridgehead atoms. The Morgan fingerprint density at radius 1 is 1.04 bits per heavy atom. The van der Waals surface area contributed by atoms with Gasteiger partial charge in [0.2, 0.25) is 6.29 Å². The number of carbonyl (C=O) groups excluding carboxylic acids is 1. The molecule has 3 rings (SSSR count). The largest absolute Gasteiger partial charge is 0.494 e. The number of aromatic hydroxyl groups is 2. The van der Waals surface area contributed by atoms with E-state index in [2.05, 4.69) is 0 Å². The SMILES string of the molecule is Cc1c(C)c(O)n(C2CCC(C(=O)OC3CCCCO3)CC2)c1O. The van der Waals surface area contributed by atoms with Crippen LogP contribution in [0.15, 0.2) is 0 Å². The first kappa shape index (κ1) is 17.1. The van der Waals surface area contributed by atoms with Gasteiger partial charge in [0.05, 0.1) is 12.5 Å². The molecule has 2 fully saturated rings. The summed E-state index contributed by atoms with van der Waals surface area (Å²) in [5.41, 5.74) is 1.42. The minimum absolute atomic E-state index is 0.0207. The molecule has 1 aromatic heterocycles. The molecule has 0 amide bonds. The Morgan fingerprint density at radius 3 is 2.21 bits per heavy atom. The molecule has 6 heteroatoms. The van der Waals surface area contributed by atoms with Crippen LogP contribution in [0.1, 0.15) is 62.1 Å². The summed E-state index contributed by atoms with van der Waals surface area (Å²) in [7, 11) is 0. The molecule has 1 saturated carbocycles. The summed E-state index contributed by atoms with van der Waals surface area (Å²) in [6, 6.07) is 0.0207. The first-order chi connectivity index (χ1) is 11.5. The van der Waals surface area contributed by atoms with E-state index in [0.717, 1.165) is 32.1 Å². The minimum Gasteiger partial charge on any atom is -0.494 e. The van der Waals surface area contributed by atoms with Crippen molar-refractivity contribution in [2.45, 2.75) is 71.1 Å². The van der Waals surface area contributed by atoms with Gasteiger partial charge in [0, 0.05) is 23.6 Å². The number of rotatable bonds is 3. The molecule has 134 valence electrons. The molecule has 1 atom stereocenters. The van der Waals surface area contributed by atoms with Gasteiger partial charge in [-0.25, -0.2) is 0 Å². The molecule has 2 N–H and O–H groups in total. The van der Waals surface area contributed by atoms with Gasteiger partial charge >= 0.3 is 5.97 Å². The standard InChI is InChI=1S/C18H27NO5/c1-11-12(2)17(21)19(16(11)20)14-8-6-13(7-9-14)18(22)24-15-5-3-4-10-23-15/h13-15,20-21H,3-10H2,1-2H3. The topological polar surface area (TPSA) is 80.9 Å².